The summed E-state index contributed by atoms with van der Waals surface area (Å²) in [6.45, 7) is 7.91. The number of aryl methyl sites for hydroxylation is 1. The average Bonchev–Trinajstić information content (AvgIpc) is 3.27. The number of benzene rings is 1. The van der Waals surface area contributed by atoms with Crippen LogP contribution in [0.4, 0.5) is 14.3 Å². The van der Waals surface area contributed by atoms with Crippen molar-refractivity contribution in [3.8, 4) is 10.4 Å². The molecule has 0 aliphatic rings. The molecule has 3 rings (SSSR count). The van der Waals surface area contributed by atoms with Crippen LogP contribution in [0, 0.1) is 12.7 Å². The number of thiazole rings is 1. The van der Waals surface area contributed by atoms with Crippen molar-refractivity contribution in [2.24, 2.45) is 0 Å². The molecular weight excluding hydrogens is 457 g/mol. The highest BCUT2D eigenvalue weighted by molar-refractivity contribution is 7.90. The summed E-state index contributed by atoms with van der Waals surface area (Å²) in [6.07, 6.45) is 1.33. The van der Waals surface area contributed by atoms with Crippen LogP contribution in [-0.4, -0.2) is 42.4 Å². The lowest BCUT2D eigenvalue weighted by Crippen LogP contribution is -2.30. The van der Waals surface area contributed by atoms with Crippen LogP contribution in [0.1, 0.15) is 38.2 Å². The second-order valence-electron chi connectivity index (χ2n) is 8.23. The van der Waals surface area contributed by atoms with Crippen molar-refractivity contribution < 1.29 is 22.0 Å². The van der Waals surface area contributed by atoms with Crippen molar-refractivity contribution in [3.63, 3.8) is 0 Å². The Morgan fingerprint density at radius 1 is 1.25 bits per heavy atom. The van der Waals surface area contributed by atoms with E-state index in [9.17, 15) is 17.6 Å². The average molecular weight is 482 g/mol. The van der Waals surface area contributed by atoms with Gasteiger partial charge in [0.15, 0.2) is 15.0 Å². The highest BCUT2D eigenvalue weighted by Crippen LogP contribution is 2.34. The van der Waals surface area contributed by atoms with Gasteiger partial charge in [-0.2, -0.15) is 0 Å². The molecule has 0 unspecified atom stereocenters. The summed E-state index contributed by atoms with van der Waals surface area (Å²) >= 11 is 1.16. The van der Waals surface area contributed by atoms with Gasteiger partial charge in [-0.25, -0.2) is 22.6 Å². The molecule has 0 radical (unpaired) electrons. The minimum atomic E-state index is -3.66. The third-order valence-electron chi connectivity index (χ3n) is 4.34. The SMILES string of the molecule is Cc1nc(NC(=O)NCCc2nnc(C(C)(C)C)o2)sc1-c1ccc(S(C)(=O)=O)c(F)c1. The number of sulfone groups is 1. The Balaban J connectivity index is 1.61. The Morgan fingerprint density at radius 2 is 1.97 bits per heavy atom. The topological polar surface area (TPSA) is 127 Å². The first-order valence-corrected chi connectivity index (χ1v) is 12.4. The number of aromatic nitrogens is 3. The van der Waals surface area contributed by atoms with E-state index in [-0.39, 0.29) is 16.9 Å². The molecule has 0 aliphatic carbocycles. The smallest absolute Gasteiger partial charge is 0.321 e. The number of nitrogens with zero attached hydrogens (tertiary/aromatic N) is 3. The van der Waals surface area contributed by atoms with Crippen molar-refractivity contribution in [1.29, 1.82) is 0 Å². The Labute approximate surface area is 189 Å². The number of urea groups is 1. The Morgan fingerprint density at radius 3 is 2.56 bits per heavy atom. The van der Waals surface area contributed by atoms with Gasteiger partial charge >= 0.3 is 6.03 Å². The van der Waals surface area contributed by atoms with Crippen LogP contribution in [-0.2, 0) is 21.7 Å². The van der Waals surface area contributed by atoms with Gasteiger partial charge in [-0.1, -0.05) is 38.2 Å². The fourth-order valence-electron chi connectivity index (χ4n) is 2.74. The van der Waals surface area contributed by atoms with Gasteiger partial charge in [-0.3, -0.25) is 5.32 Å². The first-order chi connectivity index (χ1) is 14.8. The summed E-state index contributed by atoms with van der Waals surface area (Å²) in [4.78, 5) is 16.7. The predicted octanol–water partition coefficient (Wildman–Crippen LogP) is 3.71. The van der Waals surface area contributed by atoms with E-state index < -0.39 is 21.7 Å². The van der Waals surface area contributed by atoms with Crippen molar-refractivity contribution in [2.75, 3.05) is 18.1 Å². The predicted molar refractivity (Wildman–Crippen MR) is 119 cm³/mol. The number of nitrogens with one attached hydrogen (secondary N) is 2. The first kappa shape index (κ1) is 23.8. The van der Waals surface area contributed by atoms with Gasteiger partial charge in [0.2, 0.25) is 11.8 Å². The highest BCUT2D eigenvalue weighted by atomic mass is 32.2. The van der Waals surface area contributed by atoms with Crippen molar-refractivity contribution in [3.05, 3.63) is 41.5 Å². The van der Waals surface area contributed by atoms with Crippen molar-refractivity contribution >= 4 is 32.3 Å². The van der Waals surface area contributed by atoms with Crippen molar-refractivity contribution in [2.45, 2.75) is 44.4 Å². The number of amides is 2. The van der Waals surface area contributed by atoms with E-state index in [1.54, 1.807) is 6.92 Å². The number of carbonyl (C=O) groups is 1. The van der Waals surface area contributed by atoms with Gasteiger partial charge in [0, 0.05) is 24.6 Å². The molecule has 0 saturated carbocycles. The summed E-state index contributed by atoms with van der Waals surface area (Å²) in [6, 6.07) is 3.43. The fourth-order valence-corrected chi connectivity index (χ4v) is 4.43. The lowest BCUT2D eigenvalue weighted by atomic mass is 9.97. The van der Waals surface area contributed by atoms with Crippen LogP contribution in [0.3, 0.4) is 0 Å². The number of rotatable bonds is 6. The van der Waals surface area contributed by atoms with Crippen LogP contribution in [0.2, 0.25) is 0 Å². The number of hydrogen-bond acceptors (Lipinski definition) is 8. The molecule has 3 aromatic rings. The zero-order valence-electron chi connectivity index (χ0n) is 18.3. The molecule has 1 aromatic carbocycles. The summed E-state index contributed by atoms with van der Waals surface area (Å²) in [5, 5.41) is 13.6. The third-order valence-corrected chi connectivity index (χ3v) is 6.60. The summed E-state index contributed by atoms with van der Waals surface area (Å²) in [7, 11) is -3.66. The third kappa shape index (κ3) is 5.68. The maximum atomic E-state index is 14.2. The van der Waals surface area contributed by atoms with E-state index in [1.807, 2.05) is 20.8 Å². The number of carbonyl (C=O) groups excluding carboxylic acids is 1. The molecule has 2 amide bonds. The number of halogens is 1. The van der Waals surface area contributed by atoms with E-state index in [4.69, 9.17) is 4.42 Å². The molecule has 2 aromatic heterocycles. The normalized spacial score (nSPS) is 12.1. The summed E-state index contributed by atoms with van der Waals surface area (Å²) < 4.78 is 43.0. The Kier molecular flexibility index (Phi) is 6.65. The van der Waals surface area contributed by atoms with E-state index in [1.165, 1.54) is 12.1 Å². The van der Waals surface area contributed by atoms with Crippen LogP contribution in [0.25, 0.3) is 10.4 Å². The first-order valence-electron chi connectivity index (χ1n) is 9.69. The van der Waals surface area contributed by atoms with Gasteiger partial charge in [0.25, 0.3) is 0 Å². The van der Waals surface area contributed by atoms with Gasteiger partial charge in [-0.05, 0) is 24.6 Å². The van der Waals surface area contributed by atoms with Crippen LogP contribution in [0.15, 0.2) is 27.5 Å². The molecule has 0 fully saturated rings. The zero-order valence-corrected chi connectivity index (χ0v) is 19.9. The van der Waals surface area contributed by atoms with Gasteiger partial charge in [-0.15, -0.1) is 10.2 Å². The van der Waals surface area contributed by atoms with Crippen LogP contribution < -0.4 is 10.6 Å². The summed E-state index contributed by atoms with van der Waals surface area (Å²) in [5.74, 6) is 0.131. The molecule has 0 saturated heterocycles. The Hall–Kier alpha value is -2.86. The molecule has 2 N–H and O–H groups in total. The molecule has 9 nitrogen and oxygen atoms in total. The molecule has 0 spiro atoms. The number of hydrogen-bond donors (Lipinski definition) is 2. The zero-order chi connectivity index (χ0) is 23.7. The van der Waals surface area contributed by atoms with Crippen LogP contribution >= 0.6 is 11.3 Å². The highest BCUT2D eigenvalue weighted by Gasteiger charge is 2.21. The van der Waals surface area contributed by atoms with Crippen molar-refractivity contribution in [1.82, 2.24) is 20.5 Å². The molecule has 32 heavy (non-hydrogen) atoms. The quantitative estimate of drug-likeness (QED) is 0.549. The second kappa shape index (κ2) is 8.94. The Bertz CT molecular complexity index is 1250. The minimum Gasteiger partial charge on any atom is -0.425 e. The number of anilines is 1. The maximum Gasteiger partial charge on any atom is 0.321 e. The standard InChI is InChI=1S/C20H24FN5O4S2/c1-11-16(12-6-7-14(13(21)10-12)32(5,28)29)31-19(23-11)24-18(27)22-9-8-15-25-26-17(30-15)20(2,3)4/h6-7,10H,8-9H2,1-5H3,(H2,22,23,24,27). The molecule has 0 aliphatic heterocycles. The van der Waals surface area contributed by atoms with Gasteiger partial charge in [0.1, 0.15) is 10.7 Å². The van der Waals surface area contributed by atoms with Crippen LogP contribution in [0.5, 0.6) is 0 Å². The van der Waals surface area contributed by atoms with Gasteiger partial charge < -0.3 is 9.73 Å². The lowest BCUT2D eigenvalue weighted by Gasteiger charge is -2.11. The van der Waals surface area contributed by atoms with E-state index in [0.29, 0.717) is 39.5 Å². The monoisotopic (exact) mass is 481 g/mol. The second-order valence-corrected chi connectivity index (χ2v) is 11.2. The minimum absolute atomic E-state index is 0.246. The molecule has 2 heterocycles. The maximum absolute atomic E-state index is 14.2. The van der Waals surface area contributed by atoms with E-state index in [2.05, 4.69) is 25.8 Å². The van der Waals surface area contributed by atoms with E-state index >= 15 is 0 Å². The summed E-state index contributed by atoms with van der Waals surface area (Å²) in [5.41, 5.74) is 0.812. The molecule has 0 bridgehead atoms. The lowest BCUT2D eigenvalue weighted by molar-refractivity contribution is 0.252. The molecule has 0 atom stereocenters. The fraction of sp³-hybridized carbons (Fsp3) is 0.400. The molecular formula is C20H24FN5O4S2. The molecule has 172 valence electrons. The molecule has 12 heteroatoms. The largest absolute Gasteiger partial charge is 0.425 e. The van der Waals surface area contributed by atoms with Gasteiger partial charge in [0.05, 0.1) is 10.6 Å². The van der Waals surface area contributed by atoms with E-state index in [0.717, 1.165) is 23.7 Å².